The third-order valence-corrected chi connectivity index (χ3v) is 5.94. The molecule has 5 heteroatoms. The number of morpholine rings is 1. The highest BCUT2D eigenvalue weighted by Gasteiger charge is 2.21. The molecule has 0 radical (unpaired) electrons. The van der Waals surface area contributed by atoms with E-state index < -0.39 is 0 Å². The SMILES string of the molecule is Cc1cccc(N2CCN(C(=O)CCc3ccc(N4CCOCC4)cc3)CC2)c1. The van der Waals surface area contributed by atoms with Gasteiger partial charge in [0.15, 0.2) is 0 Å². The molecule has 2 saturated heterocycles. The quantitative estimate of drug-likeness (QED) is 0.782. The molecule has 0 bridgehead atoms. The molecule has 1 amide bonds. The molecule has 154 valence electrons. The van der Waals surface area contributed by atoms with E-state index in [2.05, 4.69) is 65.3 Å². The van der Waals surface area contributed by atoms with Crippen molar-refractivity contribution in [1.29, 1.82) is 0 Å². The first kappa shape index (κ1) is 19.8. The minimum atomic E-state index is 0.270. The second-order valence-corrected chi connectivity index (χ2v) is 7.97. The molecule has 2 aliphatic heterocycles. The molecule has 2 aromatic rings. The number of carbonyl (C=O) groups is 1. The average molecular weight is 394 g/mol. The molecule has 2 fully saturated rings. The van der Waals surface area contributed by atoms with Crippen molar-refractivity contribution < 1.29 is 9.53 Å². The van der Waals surface area contributed by atoms with Crippen LogP contribution in [0.2, 0.25) is 0 Å². The molecule has 29 heavy (non-hydrogen) atoms. The normalized spacial score (nSPS) is 17.5. The molecule has 0 atom stereocenters. The summed E-state index contributed by atoms with van der Waals surface area (Å²) in [5.74, 6) is 0.270. The number of benzene rings is 2. The van der Waals surface area contributed by atoms with Gasteiger partial charge < -0.3 is 19.4 Å². The van der Waals surface area contributed by atoms with Crippen molar-refractivity contribution in [3.63, 3.8) is 0 Å². The molecule has 0 N–H and O–H groups in total. The van der Waals surface area contributed by atoms with Crippen molar-refractivity contribution in [2.24, 2.45) is 0 Å². The summed E-state index contributed by atoms with van der Waals surface area (Å²) >= 11 is 0. The predicted molar refractivity (Wildman–Crippen MR) is 118 cm³/mol. The lowest BCUT2D eigenvalue weighted by Gasteiger charge is -2.36. The molecule has 2 aromatic carbocycles. The minimum absolute atomic E-state index is 0.270. The van der Waals surface area contributed by atoms with Gasteiger partial charge in [0.1, 0.15) is 0 Å². The van der Waals surface area contributed by atoms with Crippen LogP contribution in [0.3, 0.4) is 0 Å². The Morgan fingerprint density at radius 1 is 0.862 bits per heavy atom. The van der Waals surface area contributed by atoms with Crippen LogP contribution in [0.5, 0.6) is 0 Å². The van der Waals surface area contributed by atoms with E-state index in [0.29, 0.717) is 6.42 Å². The Kier molecular flexibility index (Phi) is 6.35. The molecule has 0 spiro atoms. The van der Waals surface area contributed by atoms with Gasteiger partial charge >= 0.3 is 0 Å². The van der Waals surface area contributed by atoms with Gasteiger partial charge in [-0.15, -0.1) is 0 Å². The van der Waals surface area contributed by atoms with E-state index in [4.69, 9.17) is 4.74 Å². The lowest BCUT2D eigenvalue weighted by atomic mass is 10.1. The van der Waals surface area contributed by atoms with Crippen molar-refractivity contribution in [1.82, 2.24) is 4.90 Å². The second kappa shape index (κ2) is 9.31. The largest absolute Gasteiger partial charge is 0.378 e. The number of hydrogen-bond donors (Lipinski definition) is 0. The first-order valence-corrected chi connectivity index (χ1v) is 10.7. The summed E-state index contributed by atoms with van der Waals surface area (Å²) in [5, 5.41) is 0. The van der Waals surface area contributed by atoms with E-state index in [9.17, 15) is 4.79 Å². The van der Waals surface area contributed by atoms with Crippen LogP contribution >= 0.6 is 0 Å². The number of hydrogen-bond acceptors (Lipinski definition) is 4. The van der Waals surface area contributed by atoms with Crippen molar-refractivity contribution in [2.45, 2.75) is 19.8 Å². The lowest BCUT2D eigenvalue weighted by molar-refractivity contribution is -0.131. The average Bonchev–Trinajstić information content (AvgIpc) is 2.78. The fourth-order valence-electron chi connectivity index (χ4n) is 4.14. The maximum absolute atomic E-state index is 12.7. The summed E-state index contributed by atoms with van der Waals surface area (Å²) in [6, 6.07) is 17.3. The Morgan fingerprint density at radius 3 is 2.24 bits per heavy atom. The molecular formula is C24H31N3O2. The number of aryl methyl sites for hydroxylation is 2. The van der Waals surface area contributed by atoms with Crippen LogP contribution in [-0.4, -0.2) is 63.3 Å². The monoisotopic (exact) mass is 393 g/mol. The van der Waals surface area contributed by atoms with Crippen LogP contribution in [0, 0.1) is 6.92 Å². The molecule has 0 aliphatic carbocycles. The number of piperazine rings is 1. The Hall–Kier alpha value is -2.53. The summed E-state index contributed by atoms with van der Waals surface area (Å²) in [4.78, 5) is 19.4. The summed E-state index contributed by atoms with van der Waals surface area (Å²) in [6.45, 7) is 9.05. The van der Waals surface area contributed by atoms with Gasteiger partial charge in [-0.25, -0.2) is 0 Å². The third kappa shape index (κ3) is 5.10. The van der Waals surface area contributed by atoms with Crippen LogP contribution in [-0.2, 0) is 16.0 Å². The molecule has 0 aromatic heterocycles. The molecule has 2 aliphatic rings. The fourth-order valence-corrected chi connectivity index (χ4v) is 4.14. The summed E-state index contributed by atoms with van der Waals surface area (Å²) in [7, 11) is 0. The van der Waals surface area contributed by atoms with Crippen LogP contribution < -0.4 is 9.80 Å². The number of nitrogens with zero attached hydrogens (tertiary/aromatic N) is 3. The first-order chi connectivity index (χ1) is 14.2. The Bertz CT molecular complexity index is 807. The number of anilines is 2. The highest BCUT2D eigenvalue weighted by atomic mass is 16.5. The lowest BCUT2D eigenvalue weighted by Crippen LogP contribution is -2.48. The number of carbonyl (C=O) groups excluding carboxylic acids is 1. The zero-order chi connectivity index (χ0) is 20.1. The maximum Gasteiger partial charge on any atom is 0.223 e. The van der Waals surface area contributed by atoms with E-state index in [1.165, 1.54) is 22.5 Å². The molecule has 5 nitrogen and oxygen atoms in total. The van der Waals surface area contributed by atoms with Gasteiger partial charge in [-0.05, 0) is 48.7 Å². The topological polar surface area (TPSA) is 36.0 Å². The number of amides is 1. The maximum atomic E-state index is 12.7. The Balaban J connectivity index is 1.24. The van der Waals surface area contributed by atoms with Crippen LogP contribution in [0.15, 0.2) is 48.5 Å². The zero-order valence-corrected chi connectivity index (χ0v) is 17.3. The van der Waals surface area contributed by atoms with Crippen molar-refractivity contribution in [2.75, 3.05) is 62.3 Å². The van der Waals surface area contributed by atoms with Crippen LogP contribution in [0.25, 0.3) is 0 Å². The summed E-state index contributed by atoms with van der Waals surface area (Å²) < 4.78 is 5.42. The van der Waals surface area contributed by atoms with Gasteiger partial charge in [0.25, 0.3) is 0 Å². The molecular weight excluding hydrogens is 362 g/mol. The Labute approximate surface area is 173 Å². The molecule has 4 rings (SSSR count). The molecule has 2 heterocycles. The van der Waals surface area contributed by atoms with Gasteiger partial charge in [-0.2, -0.15) is 0 Å². The van der Waals surface area contributed by atoms with Gasteiger partial charge in [0.05, 0.1) is 13.2 Å². The Morgan fingerprint density at radius 2 is 1.55 bits per heavy atom. The van der Waals surface area contributed by atoms with Crippen LogP contribution in [0.4, 0.5) is 11.4 Å². The van der Waals surface area contributed by atoms with E-state index in [1.807, 2.05) is 4.90 Å². The highest BCUT2D eigenvalue weighted by molar-refractivity contribution is 5.77. The van der Waals surface area contributed by atoms with Crippen LogP contribution in [0.1, 0.15) is 17.5 Å². The molecule has 0 unspecified atom stereocenters. The van der Waals surface area contributed by atoms with E-state index in [-0.39, 0.29) is 5.91 Å². The highest BCUT2D eigenvalue weighted by Crippen LogP contribution is 2.20. The number of ether oxygens (including phenoxy) is 1. The minimum Gasteiger partial charge on any atom is -0.378 e. The van der Waals surface area contributed by atoms with E-state index in [0.717, 1.165) is 58.9 Å². The van der Waals surface area contributed by atoms with Gasteiger partial charge in [0, 0.05) is 57.1 Å². The summed E-state index contributed by atoms with van der Waals surface area (Å²) in [6.07, 6.45) is 1.39. The predicted octanol–water partition coefficient (Wildman–Crippen LogP) is 3.11. The van der Waals surface area contributed by atoms with Crippen molar-refractivity contribution in [3.8, 4) is 0 Å². The van der Waals surface area contributed by atoms with E-state index >= 15 is 0 Å². The second-order valence-electron chi connectivity index (χ2n) is 7.97. The van der Waals surface area contributed by atoms with Gasteiger partial charge in [0.2, 0.25) is 5.91 Å². The third-order valence-electron chi connectivity index (χ3n) is 5.94. The fraction of sp³-hybridized carbons (Fsp3) is 0.458. The van der Waals surface area contributed by atoms with E-state index in [1.54, 1.807) is 0 Å². The zero-order valence-electron chi connectivity index (χ0n) is 17.3. The van der Waals surface area contributed by atoms with Gasteiger partial charge in [-0.3, -0.25) is 4.79 Å². The number of rotatable bonds is 5. The smallest absolute Gasteiger partial charge is 0.223 e. The first-order valence-electron chi connectivity index (χ1n) is 10.7. The summed E-state index contributed by atoms with van der Waals surface area (Å²) in [5.41, 5.74) is 5.02. The standard InChI is InChI=1S/C24H31N3O2/c1-20-3-2-4-23(19-20)25-11-13-27(14-12-25)24(28)10-7-21-5-8-22(9-6-21)26-15-17-29-18-16-26/h2-6,8-9,19H,7,10-18H2,1H3. The van der Waals surface area contributed by atoms with Crippen molar-refractivity contribution in [3.05, 3.63) is 59.7 Å². The van der Waals surface area contributed by atoms with Gasteiger partial charge in [-0.1, -0.05) is 24.3 Å². The molecule has 0 saturated carbocycles. The van der Waals surface area contributed by atoms with Crippen molar-refractivity contribution >= 4 is 17.3 Å².